The first-order valence-corrected chi connectivity index (χ1v) is 6.01. The molecule has 0 spiro atoms. The maximum absolute atomic E-state index is 13.8. The van der Waals surface area contributed by atoms with Gasteiger partial charge in [-0.25, -0.2) is 4.39 Å². The summed E-state index contributed by atoms with van der Waals surface area (Å²) in [4.78, 5) is 2.05. The van der Waals surface area contributed by atoms with Crippen LogP contribution in [0.5, 0.6) is 0 Å². The summed E-state index contributed by atoms with van der Waals surface area (Å²) in [5.41, 5.74) is 6.53. The molecular formula is C14H23FN2. The zero-order chi connectivity index (χ0) is 13.1. The fourth-order valence-electron chi connectivity index (χ4n) is 1.95. The summed E-state index contributed by atoms with van der Waals surface area (Å²) >= 11 is 0. The zero-order valence-corrected chi connectivity index (χ0v) is 11.2. The molecule has 3 heteroatoms. The lowest BCUT2D eigenvalue weighted by Crippen LogP contribution is -2.33. The van der Waals surface area contributed by atoms with E-state index in [1.807, 2.05) is 45.0 Å². The van der Waals surface area contributed by atoms with Crippen molar-refractivity contribution in [3.05, 3.63) is 35.6 Å². The topological polar surface area (TPSA) is 29.3 Å². The highest BCUT2D eigenvalue weighted by Crippen LogP contribution is 2.27. The van der Waals surface area contributed by atoms with Crippen LogP contribution in [0.1, 0.15) is 38.3 Å². The molecule has 0 saturated heterocycles. The van der Waals surface area contributed by atoms with Gasteiger partial charge in [0.25, 0.3) is 0 Å². The minimum atomic E-state index is -0.209. The third kappa shape index (κ3) is 4.44. The number of hydrogen-bond donors (Lipinski definition) is 1. The van der Waals surface area contributed by atoms with Crippen LogP contribution in [0, 0.1) is 5.82 Å². The molecule has 0 aromatic heterocycles. The van der Waals surface area contributed by atoms with Gasteiger partial charge < -0.3 is 10.6 Å². The summed E-state index contributed by atoms with van der Waals surface area (Å²) in [6.45, 7) is 4.00. The van der Waals surface area contributed by atoms with E-state index in [0.717, 1.165) is 18.4 Å². The summed E-state index contributed by atoms with van der Waals surface area (Å²) in [5.74, 6) is -0.138. The van der Waals surface area contributed by atoms with Crippen molar-refractivity contribution in [2.45, 2.75) is 38.3 Å². The lowest BCUT2D eigenvalue weighted by Gasteiger charge is -2.28. The van der Waals surface area contributed by atoms with Gasteiger partial charge in [0.15, 0.2) is 0 Å². The van der Waals surface area contributed by atoms with Gasteiger partial charge in [-0.1, -0.05) is 18.2 Å². The van der Waals surface area contributed by atoms with E-state index in [1.54, 1.807) is 6.07 Å². The van der Waals surface area contributed by atoms with Crippen molar-refractivity contribution in [3.63, 3.8) is 0 Å². The lowest BCUT2D eigenvalue weighted by atomic mass is 9.92. The summed E-state index contributed by atoms with van der Waals surface area (Å²) in [6.07, 6.45) is 1.72. The third-order valence-electron chi connectivity index (χ3n) is 2.95. The maximum atomic E-state index is 13.8. The average Bonchev–Trinajstić information content (AvgIpc) is 2.18. The van der Waals surface area contributed by atoms with Crippen LogP contribution >= 0.6 is 0 Å². The molecule has 0 aliphatic rings. The van der Waals surface area contributed by atoms with Crippen LogP contribution in [0.3, 0.4) is 0 Å². The van der Waals surface area contributed by atoms with E-state index < -0.39 is 0 Å². The summed E-state index contributed by atoms with van der Waals surface area (Å²) in [5, 5.41) is 0. The Morgan fingerprint density at radius 2 is 1.88 bits per heavy atom. The second-order valence-electron chi connectivity index (χ2n) is 5.53. The van der Waals surface area contributed by atoms with Crippen molar-refractivity contribution in [1.29, 1.82) is 0 Å². The molecule has 0 saturated carbocycles. The number of halogens is 1. The largest absolute Gasteiger partial charge is 0.326 e. The molecule has 0 amide bonds. The molecule has 2 nitrogen and oxygen atoms in total. The third-order valence-corrected chi connectivity index (χ3v) is 2.95. The van der Waals surface area contributed by atoms with Gasteiger partial charge in [0, 0.05) is 17.1 Å². The standard InChI is InChI=1S/C14H23FN2/c1-14(2,16)10-9-13(17(3)4)11-7-5-6-8-12(11)15/h5-8,13H,9-10,16H2,1-4H3. The quantitative estimate of drug-likeness (QED) is 0.854. The molecule has 0 bridgehead atoms. The van der Waals surface area contributed by atoms with Gasteiger partial charge in [-0.15, -0.1) is 0 Å². The Kier molecular flexibility index (Phi) is 4.66. The summed E-state index contributed by atoms with van der Waals surface area (Å²) < 4.78 is 13.8. The van der Waals surface area contributed by atoms with Crippen LogP contribution in [-0.2, 0) is 0 Å². The molecule has 1 rings (SSSR count). The van der Waals surface area contributed by atoms with Crippen LogP contribution in [0.15, 0.2) is 24.3 Å². The van der Waals surface area contributed by atoms with Gasteiger partial charge in [-0.2, -0.15) is 0 Å². The smallest absolute Gasteiger partial charge is 0.127 e. The molecule has 2 N–H and O–H groups in total. The van der Waals surface area contributed by atoms with Crippen molar-refractivity contribution in [1.82, 2.24) is 4.90 Å². The SMILES string of the molecule is CN(C)C(CCC(C)(C)N)c1ccccc1F. The Bertz CT molecular complexity index is 355. The normalized spacial score (nSPS) is 14.1. The number of hydrogen-bond acceptors (Lipinski definition) is 2. The van der Waals surface area contributed by atoms with Gasteiger partial charge in [0.2, 0.25) is 0 Å². The highest BCUT2D eigenvalue weighted by Gasteiger charge is 2.20. The van der Waals surface area contributed by atoms with E-state index in [-0.39, 0.29) is 17.4 Å². The molecule has 17 heavy (non-hydrogen) atoms. The molecular weight excluding hydrogens is 215 g/mol. The summed E-state index contributed by atoms with van der Waals surface area (Å²) in [7, 11) is 3.95. The van der Waals surface area contributed by atoms with Gasteiger partial charge in [-0.05, 0) is 46.9 Å². The first kappa shape index (κ1) is 14.1. The van der Waals surface area contributed by atoms with Gasteiger partial charge in [0.05, 0.1) is 0 Å². The molecule has 0 heterocycles. The first-order valence-electron chi connectivity index (χ1n) is 6.01. The Hall–Kier alpha value is -0.930. The van der Waals surface area contributed by atoms with E-state index in [1.165, 1.54) is 6.07 Å². The van der Waals surface area contributed by atoms with E-state index in [9.17, 15) is 4.39 Å². The van der Waals surface area contributed by atoms with Crippen LogP contribution in [0.2, 0.25) is 0 Å². The van der Waals surface area contributed by atoms with Crippen molar-refractivity contribution < 1.29 is 4.39 Å². The number of nitrogens with two attached hydrogens (primary N) is 1. The van der Waals surface area contributed by atoms with E-state index >= 15 is 0 Å². The second kappa shape index (κ2) is 5.61. The van der Waals surface area contributed by atoms with Crippen LogP contribution in [0.25, 0.3) is 0 Å². The maximum Gasteiger partial charge on any atom is 0.127 e. The molecule has 0 fully saturated rings. The Morgan fingerprint density at radius 3 is 2.35 bits per heavy atom. The molecule has 1 aromatic carbocycles. The second-order valence-corrected chi connectivity index (χ2v) is 5.53. The monoisotopic (exact) mass is 238 g/mol. The molecule has 0 radical (unpaired) electrons. The number of nitrogens with zero attached hydrogens (tertiary/aromatic N) is 1. The van der Waals surface area contributed by atoms with Gasteiger partial charge >= 0.3 is 0 Å². The van der Waals surface area contributed by atoms with Crippen LogP contribution in [0.4, 0.5) is 4.39 Å². The number of rotatable bonds is 5. The van der Waals surface area contributed by atoms with Crippen molar-refractivity contribution in [2.75, 3.05) is 14.1 Å². The zero-order valence-electron chi connectivity index (χ0n) is 11.2. The molecule has 0 aliphatic heterocycles. The molecule has 0 aliphatic carbocycles. The predicted molar refractivity (Wildman–Crippen MR) is 70.3 cm³/mol. The predicted octanol–water partition coefficient (Wildman–Crippen LogP) is 2.95. The van der Waals surface area contributed by atoms with E-state index in [4.69, 9.17) is 5.73 Å². The van der Waals surface area contributed by atoms with Crippen LogP contribution in [-0.4, -0.2) is 24.5 Å². The van der Waals surface area contributed by atoms with Crippen LogP contribution < -0.4 is 5.73 Å². The lowest BCUT2D eigenvalue weighted by molar-refractivity contribution is 0.255. The molecule has 96 valence electrons. The fraction of sp³-hybridized carbons (Fsp3) is 0.571. The summed E-state index contributed by atoms with van der Waals surface area (Å²) in [6, 6.07) is 7.04. The Morgan fingerprint density at radius 1 is 1.29 bits per heavy atom. The Labute approximate surface area is 104 Å². The highest BCUT2D eigenvalue weighted by molar-refractivity contribution is 5.21. The Balaban J connectivity index is 2.84. The molecule has 1 unspecified atom stereocenters. The average molecular weight is 238 g/mol. The number of benzene rings is 1. The highest BCUT2D eigenvalue weighted by atomic mass is 19.1. The molecule has 1 aromatic rings. The van der Waals surface area contributed by atoms with E-state index in [2.05, 4.69) is 0 Å². The molecule has 1 atom stereocenters. The fourth-order valence-corrected chi connectivity index (χ4v) is 1.95. The first-order chi connectivity index (χ1) is 7.81. The van der Waals surface area contributed by atoms with Crippen molar-refractivity contribution in [2.24, 2.45) is 5.73 Å². The van der Waals surface area contributed by atoms with Gasteiger partial charge in [-0.3, -0.25) is 0 Å². The minimum Gasteiger partial charge on any atom is -0.326 e. The van der Waals surface area contributed by atoms with Crippen molar-refractivity contribution in [3.8, 4) is 0 Å². The van der Waals surface area contributed by atoms with Crippen molar-refractivity contribution >= 4 is 0 Å². The van der Waals surface area contributed by atoms with E-state index in [0.29, 0.717) is 0 Å². The minimum absolute atomic E-state index is 0.0824. The van der Waals surface area contributed by atoms with Gasteiger partial charge in [0.1, 0.15) is 5.82 Å².